The van der Waals surface area contributed by atoms with Crippen molar-refractivity contribution in [2.45, 2.75) is 19.9 Å². The fourth-order valence-electron chi connectivity index (χ4n) is 2.04. The lowest BCUT2D eigenvalue weighted by atomic mass is 10.2. The summed E-state index contributed by atoms with van der Waals surface area (Å²) in [5.74, 6) is -0.145. The van der Waals surface area contributed by atoms with Crippen LogP contribution in [0, 0.1) is 0 Å². The Morgan fingerprint density at radius 2 is 2.24 bits per heavy atom. The second-order valence-corrected chi connectivity index (χ2v) is 4.69. The summed E-state index contributed by atoms with van der Waals surface area (Å²) < 4.78 is 10.4. The zero-order chi connectivity index (χ0) is 15.2. The molecule has 1 saturated heterocycles. The number of rotatable bonds is 5. The Hall–Kier alpha value is -2.09. The molecule has 0 spiro atoms. The van der Waals surface area contributed by atoms with E-state index in [-0.39, 0.29) is 17.5 Å². The zero-order valence-electron chi connectivity index (χ0n) is 12.2. The number of nitrogens with one attached hydrogen (secondary N) is 2. The normalized spacial score (nSPS) is 16.4. The van der Waals surface area contributed by atoms with Crippen LogP contribution >= 0.6 is 0 Å². The maximum Gasteiger partial charge on any atom is 0.270 e. The third-order valence-corrected chi connectivity index (χ3v) is 3.13. The van der Waals surface area contributed by atoms with Crippen LogP contribution in [0.25, 0.3) is 0 Å². The van der Waals surface area contributed by atoms with Crippen molar-refractivity contribution < 1.29 is 19.1 Å². The van der Waals surface area contributed by atoms with Crippen molar-refractivity contribution >= 4 is 11.8 Å². The molecule has 1 aliphatic rings. The average Bonchev–Trinajstić information content (AvgIpc) is 2.96. The first-order valence-corrected chi connectivity index (χ1v) is 6.97. The molecule has 2 amide bonds. The highest BCUT2D eigenvalue weighted by molar-refractivity contribution is 5.96. The molecule has 21 heavy (non-hydrogen) atoms. The van der Waals surface area contributed by atoms with E-state index in [1.807, 2.05) is 6.92 Å². The smallest absolute Gasteiger partial charge is 0.270 e. The Morgan fingerprint density at radius 3 is 2.90 bits per heavy atom. The summed E-state index contributed by atoms with van der Waals surface area (Å²) in [4.78, 5) is 25.9. The van der Waals surface area contributed by atoms with E-state index in [0.717, 1.165) is 0 Å². The number of carbonyl (C=O) groups is 2. The van der Waals surface area contributed by atoms with Gasteiger partial charge in [-0.1, -0.05) is 0 Å². The molecule has 2 N–H and O–H groups in total. The third kappa shape index (κ3) is 3.94. The van der Waals surface area contributed by atoms with Crippen LogP contribution in [-0.2, 0) is 9.53 Å². The highest BCUT2D eigenvalue weighted by Gasteiger charge is 2.24. The number of aromatic nitrogens is 2. The lowest BCUT2D eigenvalue weighted by Crippen LogP contribution is -2.50. The molecule has 0 aromatic carbocycles. The number of H-pyrrole nitrogens is 1. The molecule has 2 rings (SSSR count). The first-order chi connectivity index (χ1) is 10.1. The Labute approximate surface area is 122 Å². The summed E-state index contributed by atoms with van der Waals surface area (Å²) in [7, 11) is 0. The summed E-state index contributed by atoms with van der Waals surface area (Å²) in [6, 6.07) is 0.902. The third-order valence-electron chi connectivity index (χ3n) is 3.13. The fourth-order valence-corrected chi connectivity index (χ4v) is 2.04. The molecule has 1 aromatic heterocycles. The largest absolute Gasteiger partial charge is 0.477 e. The van der Waals surface area contributed by atoms with Gasteiger partial charge < -0.3 is 19.7 Å². The standard InChI is InChI=1S/C13H20N4O4/c1-3-21-11-8-10(15-16-11)12(18)14-9(2)13(19)17-4-6-20-7-5-17/h8-9H,3-7H2,1-2H3,(H,14,18)(H,15,16). The minimum Gasteiger partial charge on any atom is -0.477 e. The van der Waals surface area contributed by atoms with E-state index in [4.69, 9.17) is 9.47 Å². The molecule has 1 atom stereocenters. The van der Waals surface area contributed by atoms with Gasteiger partial charge in [0.15, 0.2) is 0 Å². The summed E-state index contributed by atoms with van der Waals surface area (Å²) in [6.07, 6.45) is 0. The van der Waals surface area contributed by atoms with E-state index in [9.17, 15) is 9.59 Å². The topological polar surface area (TPSA) is 96.5 Å². The van der Waals surface area contributed by atoms with Crippen molar-refractivity contribution in [1.29, 1.82) is 0 Å². The Balaban J connectivity index is 1.89. The lowest BCUT2D eigenvalue weighted by molar-refractivity contribution is -0.136. The van der Waals surface area contributed by atoms with Gasteiger partial charge in [-0.3, -0.25) is 14.7 Å². The van der Waals surface area contributed by atoms with Crippen molar-refractivity contribution in [2.24, 2.45) is 0 Å². The first kappa shape index (κ1) is 15.3. The molecular formula is C13H20N4O4. The van der Waals surface area contributed by atoms with Crippen LogP contribution in [0.5, 0.6) is 5.88 Å². The second kappa shape index (κ2) is 7.07. The van der Waals surface area contributed by atoms with E-state index in [1.165, 1.54) is 6.07 Å². The molecule has 0 bridgehead atoms. The van der Waals surface area contributed by atoms with Crippen LogP contribution in [0.15, 0.2) is 6.07 Å². The van der Waals surface area contributed by atoms with Gasteiger partial charge in [0.25, 0.3) is 5.91 Å². The van der Waals surface area contributed by atoms with Crippen LogP contribution in [0.4, 0.5) is 0 Å². The van der Waals surface area contributed by atoms with Gasteiger partial charge in [-0.05, 0) is 13.8 Å². The number of morpholine rings is 1. The lowest BCUT2D eigenvalue weighted by Gasteiger charge is -2.29. The van der Waals surface area contributed by atoms with Gasteiger partial charge >= 0.3 is 0 Å². The van der Waals surface area contributed by atoms with E-state index in [0.29, 0.717) is 38.8 Å². The Bertz CT molecular complexity index is 496. The zero-order valence-corrected chi connectivity index (χ0v) is 12.2. The molecular weight excluding hydrogens is 276 g/mol. The highest BCUT2D eigenvalue weighted by Crippen LogP contribution is 2.08. The number of aromatic amines is 1. The van der Waals surface area contributed by atoms with Gasteiger partial charge in [0.05, 0.1) is 19.8 Å². The van der Waals surface area contributed by atoms with Crippen LogP contribution in [0.3, 0.4) is 0 Å². The van der Waals surface area contributed by atoms with Gasteiger partial charge in [-0.25, -0.2) is 0 Å². The van der Waals surface area contributed by atoms with Crippen LogP contribution in [-0.4, -0.2) is 65.9 Å². The molecule has 0 radical (unpaired) electrons. The molecule has 2 heterocycles. The molecule has 0 saturated carbocycles. The Kier molecular flexibility index (Phi) is 5.15. The van der Waals surface area contributed by atoms with Crippen molar-refractivity contribution in [2.75, 3.05) is 32.9 Å². The molecule has 1 aromatic rings. The van der Waals surface area contributed by atoms with Gasteiger partial charge in [0, 0.05) is 19.2 Å². The van der Waals surface area contributed by atoms with E-state index >= 15 is 0 Å². The van der Waals surface area contributed by atoms with E-state index in [2.05, 4.69) is 15.5 Å². The monoisotopic (exact) mass is 296 g/mol. The SMILES string of the molecule is CCOc1cc(C(=O)NC(C)C(=O)N2CCOCC2)[nH]n1. The highest BCUT2D eigenvalue weighted by atomic mass is 16.5. The van der Waals surface area contributed by atoms with Crippen molar-refractivity contribution in [1.82, 2.24) is 20.4 Å². The predicted octanol–water partition coefficient (Wildman–Crippen LogP) is -0.214. The van der Waals surface area contributed by atoms with Crippen molar-refractivity contribution in [3.63, 3.8) is 0 Å². The van der Waals surface area contributed by atoms with Gasteiger partial charge in [0.1, 0.15) is 11.7 Å². The first-order valence-electron chi connectivity index (χ1n) is 6.97. The Morgan fingerprint density at radius 1 is 1.52 bits per heavy atom. The maximum atomic E-state index is 12.2. The minimum absolute atomic E-state index is 0.115. The van der Waals surface area contributed by atoms with E-state index < -0.39 is 6.04 Å². The predicted molar refractivity (Wildman–Crippen MR) is 74.1 cm³/mol. The van der Waals surface area contributed by atoms with Crippen molar-refractivity contribution in [3.05, 3.63) is 11.8 Å². The molecule has 1 unspecified atom stereocenters. The number of amides is 2. The minimum atomic E-state index is -0.602. The summed E-state index contributed by atoms with van der Waals surface area (Å²) >= 11 is 0. The molecule has 116 valence electrons. The molecule has 1 fully saturated rings. The molecule has 8 nitrogen and oxygen atoms in total. The summed E-state index contributed by atoms with van der Waals surface area (Å²) in [6.45, 7) is 6.13. The van der Waals surface area contributed by atoms with Crippen LogP contribution < -0.4 is 10.1 Å². The quantitative estimate of drug-likeness (QED) is 0.783. The second-order valence-electron chi connectivity index (χ2n) is 4.69. The molecule has 0 aliphatic carbocycles. The van der Waals surface area contributed by atoms with Gasteiger partial charge in [-0.2, -0.15) is 0 Å². The van der Waals surface area contributed by atoms with Crippen molar-refractivity contribution in [3.8, 4) is 5.88 Å². The summed E-state index contributed by atoms with van der Waals surface area (Å²) in [5, 5.41) is 9.08. The number of hydrogen-bond donors (Lipinski definition) is 2. The number of hydrogen-bond acceptors (Lipinski definition) is 5. The van der Waals surface area contributed by atoms with Gasteiger partial charge in [0.2, 0.25) is 11.8 Å². The van der Waals surface area contributed by atoms with E-state index in [1.54, 1.807) is 11.8 Å². The van der Waals surface area contributed by atoms with Gasteiger partial charge in [-0.15, -0.1) is 5.10 Å². The molecule has 8 heteroatoms. The fraction of sp³-hybridized carbons (Fsp3) is 0.615. The number of nitrogens with zero attached hydrogens (tertiary/aromatic N) is 2. The summed E-state index contributed by atoms with van der Waals surface area (Å²) in [5.41, 5.74) is 0.264. The average molecular weight is 296 g/mol. The number of ether oxygens (including phenoxy) is 2. The number of carbonyl (C=O) groups excluding carboxylic acids is 2. The molecule has 1 aliphatic heterocycles. The maximum absolute atomic E-state index is 12.2. The van der Waals surface area contributed by atoms with Crippen LogP contribution in [0.1, 0.15) is 24.3 Å². The van der Waals surface area contributed by atoms with Crippen LogP contribution in [0.2, 0.25) is 0 Å².